The van der Waals surface area contributed by atoms with Crippen molar-refractivity contribution in [1.29, 1.82) is 0 Å². The number of nitrogens with one attached hydrogen (secondary N) is 1. The summed E-state index contributed by atoms with van der Waals surface area (Å²) in [5.74, 6) is -1.08. The zero-order valence-corrected chi connectivity index (χ0v) is 11.3. The maximum atomic E-state index is 13.1. The fourth-order valence-corrected chi connectivity index (χ4v) is 1.90. The topological polar surface area (TPSA) is 21.3 Å². The van der Waals surface area contributed by atoms with Crippen LogP contribution < -0.4 is 10.1 Å². The normalized spacial score (nSPS) is 10.6. The number of hydrogen-bond donors (Lipinski definition) is 1. The first-order valence-corrected chi connectivity index (χ1v) is 6.55. The molecule has 0 bridgehead atoms. The Labute approximate surface area is 117 Å². The Hall–Kier alpha value is -1.94. The molecule has 0 radical (unpaired) electrons. The molecule has 0 atom stereocenters. The Morgan fingerprint density at radius 1 is 1.00 bits per heavy atom. The van der Waals surface area contributed by atoms with Gasteiger partial charge in [-0.15, -0.1) is 0 Å². The maximum absolute atomic E-state index is 13.1. The van der Waals surface area contributed by atoms with E-state index >= 15 is 0 Å². The van der Waals surface area contributed by atoms with Gasteiger partial charge in [-0.1, -0.05) is 31.2 Å². The van der Waals surface area contributed by atoms with Gasteiger partial charge in [-0.25, -0.2) is 8.78 Å². The Bertz CT molecular complexity index is 552. The molecule has 0 amide bonds. The van der Waals surface area contributed by atoms with Crippen LogP contribution in [0.2, 0.25) is 0 Å². The standard InChI is InChI=1S/C16H17F2NO/c1-2-19-10-12-5-3-4-6-13(12)11-20-16-8-14(17)7-15(18)9-16/h3-9,19H,2,10-11H2,1H3. The molecule has 0 aromatic heterocycles. The highest BCUT2D eigenvalue weighted by Gasteiger charge is 2.05. The molecule has 4 heteroatoms. The third kappa shape index (κ3) is 4.03. The second-order valence-electron chi connectivity index (χ2n) is 4.44. The molecule has 0 aliphatic carbocycles. The molecule has 2 aromatic rings. The van der Waals surface area contributed by atoms with Crippen molar-refractivity contribution in [3.05, 3.63) is 65.2 Å². The molecule has 0 heterocycles. The van der Waals surface area contributed by atoms with Gasteiger partial charge in [0.05, 0.1) is 0 Å². The lowest BCUT2D eigenvalue weighted by Crippen LogP contribution is -2.14. The van der Waals surface area contributed by atoms with Gasteiger partial charge in [-0.05, 0) is 17.7 Å². The van der Waals surface area contributed by atoms with E-state index in [1.165, 1.54) is 12.1 Å². The Morgan fingerprint density at radius 2 is 1.65 bits per heavy atom. The molecule has 1 N–H and O–H groups in total. The summed E-state index contributed by atoms with van der Waals surface area (Å²) in [6.07, 6.45) is 0. The largest absolute Gasteiger partial charge is 0.489 e. The molecule has 0 aliphatic rings. The van der Waals surface area contributed by atoms with Crippen molar-refractivity contribution in [2.24, 2.45) is 0 Å². The van der Waals surface area contributed by atoms with E-state index in [-0.39, 0.29) is 12.4 Å². The van der Waals surface area contributed by atoms with Gasteiger partial charge in [-0.2, -0.15) is 0 Å². The molecule has 0 aliphatic heterocycles. The van der Waals surface area contributed by atoms with Gasteiger partial charge in [0.2, 0.25) is 0 Å². The van der Waals surface area contributed by atoms with Crippen molar-refractivity contribution in [3.63, 3.8) is 0 Å². The van der Waals surface area contributed by atoms with Crippen molar-refractivity contribution in [2.75, 3.05) is 6.54 Å². The first kappa shape index (κ1) is 14.5. The molecule has 2 rings (SSSR count). The van der Waals surface area contributed by atoms with E-state index in [9.17, 15) is 8.78 Å². The van der Waals surface area contributed by atoms with E-state index < -0.39 is 11.6 Å². The first-order valence-electron chi connectivity index (χ1n) is 6.55. The van der Waals surface area contributed by atoms with E-state index in [4.69, 9.17) is 4.74 Å². The van der Waals surface area contributed by atoms with Crippen LogP contribution >= 0.6 is 0 Å². The van der Waals surface area contributed by atoms with Crippen LogP contribution in [0, 0.1) is 11.6 Å². The molecule has 0 unspecified atom stereocenters. The molecule has 0 saturated carbocycles. The smallest absolute Gasteiger partial charge is 0.129 e. The van der Waals surface area contributed by atoms with Crippen LogP contribution in [0.1, 0.15) is 18.1 Å². The van der Waals surface area contributed by atoms with Gasteiger partial charge in [0.15, 0.2) is 0 Å². The van der Waals surface area contributed by atoms with Crippen LogP contribution in [-0.2, 0) is 13.2 Å². The third-order valence-electron chi connectivity index (χ3n) is 2.91. The summed E-state index contributed by atoms with van der Waals surface area (Å²) in [6, 6.07) is 11.0. The molecule has 0 saturated heterocycles. The SMILES string of the molecule is CCNCc1ccccc1COc1cc(F)cc(F)c1. The van der Waals surface area contributed by atoms with E-state index in [0.717, 1.165) is 30.3 Å². The van der Waals surface area contributed by atoms with Crippen LogP contribution in [-0.4, -0.2) is 6.54 Å². The van der Waals surface area contributed by atoms with Gasteiger partial charge in [0, 0.05) is 24.7 Å². The van der Waals surface area contributed by atoms with Crippen LogP contribution in [0.4, 0.5) is 8.78 Å². The van der Waals surface area contributed by atoms with Gasteiger partial charge in [0.25, 0.3) is 0 Å². The van der Waals surface area contributed by atoms with E-state index in [2.05, 4.69) is 5.32 Å². The average Bonchev–Trinajstić information content (AvgIpc) is 2.43. The van der Waals surface area contributed by atoms with Gasteiger partial charge in [0.1, 0.15) is 24.0 Å². The minimum atomic E-state index is -0.638. The lowest BCUT2D eigenvalue weighted by molar-refractivity contribution is 0.301. The molecule has 106 valence electrons. The van der Waals surface area contributed by atoms with E-state index in [1.807, 2.05) is 31.2 Å². The Balaban J connectivity index is 2.06. The van der Waals surface area contributed by atoms with Crippen LogP contribution in [0.5, 0.6) is 5.75 Å². The van der Waals surface area contributed by atoms with Crippen molar-refractivity contribution in [1.82, 2.24) is 5.32 Å². The molecule has 2 aromatic carbocycles. The summed E-state index contributed by atoms with van der Waals surface area (Å²) >= 11 is 0. The minimum absolute atomic E-state index is 0.195. The highest BCUT2D eigenvalue weighted by molar-refractivity contribution is 5.28. The average molecular weight is 277 g/mol. The fourth-order valence-electron chi connectivity index (χ4n) is 1.90. The van der Waals surface area contributed by atoms with Crippen molar-refractivity contribution in [3.8, 4) is 5.75 Å². The summed E-state index contributed by atoms with van der Waals surface area (Å²) in [7, 11) is 0. The number of ether oxygens (including phenoxy) is 1. The summed E-state index contributed by atoms with van der Waals surface area (Å²) < 4.78 is 31.6. The summed E-state index contributed by atoms with van der Waals surface area (Å²) in [6.45, 7) is 3.94. The highest BCUT2D eigenvalue weighted by Crippen LogP contribution is 2.18. The van der Waals surface area contributed by atoms with Crippen molar-refractivity contribution >= 4 is 0 Å². The third-order valence-corrected chi connectivity index (χ3v) is 2.91. The summed E-state index contributed by atoms with van der Waals surface area (Å²) in [4.78, 5) is 0. The van der Waals surface area contributed by atoms with Crippen LogP contribution in [0.15, 0.2) is 42.5 Å². The van der Waals surface area contributed by atoms with Crippen molar-refractivity contribution in [2.45, 2.75) is 20.1 Å². The maximum Gasteiger partial charge on any atom is 0.129 e. The van der Waals surface area contributed by atoms with Crippen LogP contribution in [0.3, 0.4) is 0 Å². The summed E-state index contributed by atoms with van der Waals surface area (Å²) in [5.41, 5.74) is 2.12. The first-order chi connectivity index (χ1) is 9.69. The predicted octanol–water partition coefficient (Wildman–Crippen LogP) is 3.65. The van der Waals surface area contributed by atoms with Crippen LogP contribution in [0.25, 0.3) is 0 Å². The second kappa shape index (κ2) is 7.01. The number of hydrogen-bond acceptors (Lipinski definition) is 2. The van der Waals surface area contributed by atoms with Crippen molar-refractivity contribution < 1.29 is 13.5 Å². The number of benzene rings is 2. The Morgan fingerprint density at radius 3 is 2.30 bits per heavy atom. The molecular weight excluding hydrogens is 260 g/mol. The van der Waals surface area contributed by atoms with Gasteiger partial charge >= 0.3 is 0 Å². The van der Waals surface area contributed by atoms with Gasteiger partial charge in [-0.3, -0.25) is 0 Å². The van der Waals surface area contributed by atoms with E-state index in [0.29, 0.717) is 0 Å². The molecule has 0 fully saturated rings. The molecule has 20 heavy (non-hydrogen) atoms. The zero-order valence-electron chi connectivity index (χ0n) is 11.3. The lowest BCUT2D eigenvalue weighted by Gasteiger charge is -2.11. The second-order valence-corrected chi connectivity index (χ2v) is 4.44. The molecule has 0 spiro atoms. The molecule has 2 nitrogen and oxygen atoms in total. The number of halogens is 2. The fraction of sp³-hybridized carbons (Fsp3) is 0.250. The lowest BCUT2D eigenvalue weighted by atomic mass is 10.1. The summed E-state index contributed by atoms with van der Waals surface area (Å²) in [5, 5.41) is 3.25. The monoisotopic (exact) mass is 277 g/mol. The van der Waals surface area contributed by atoms with E-state index in [1.54, 1.807) is 0 Å². The van der Waals surface area contributed by atoms with Gasteiger partial charge < -0.3 is 10.1 Å². The zero-order chi connectivity index (χ0) is 14.4. The quantitative estimate of drug-likeness (QED) is 0.870. The predicted molar refractivity (Wildman–Crippen MR) is 74.5 cm³/mol. The Kier molecular flexibility index (Phi) is 5.07. The minimum Gasteiger partial charge on any atom is -0.489 e. The highest BCUT2D eigenvalue weighted by atomic mass is 19.1. The molecular formula is C16H17F2NO. The number of rotatable bonds is 6.